The molecule has 2 aliphatic rings. The van der Waals surface area contributed by atoms with Crippen LogP contribution in [0.1, 0.15) is 51.0 Å². The summed E-state index contributed by atoms with van der Waals surface area (Å²) in [5.41, 5.74) is 1.30. The number of ether oxygens (including phenoxy) is 1. The third-order valence-electron chi connectivity index (χ3n) is 4.97. The minimum absolute atomic E-state index is 0.0460. The minimum Gasteiger partial charge on any atom is -0.369 e. The maximum atomic E-state index is 6.47. The summed E-state index contributed by atoms with van der Waals surface area (Å²) >= 11 is 3.63. The summed E-state index contributed by atoms with van der Waals surface area (Å²) in [5.74, 6) is 0.853. The van der Waals surface area contributed by atoms with Crippen molar-refractivity contribution >= 4 is 15.9 Å². The first-order valence-electron chi connectivity index (χ1n) is 8.28. The lowest BCUT2D eigenvalue weighted by molar-refractivity contribution is -0.0853. The molecule has 0 radical (unpaired) electrons. The molecule has 0 unspecified atom stereocenters. The SMILES string of the molecule is CC1CCC(CNC2CC2)(OCc2ccccc2Br)CC1. The predicted molar refractivity (Wildman–Crippen MR) is 90.3 cm³/mol. The van der Waals surface area contributed by atoms with Gasteiger partial charge >= 0.3 is 0 Å². The van der Waals surface area contributed by atoms with Crippen molar-refractivity contribution in [1.29, 1.82) is 0 Å². The van der Waals surface area contributed by atoms with Gasteiger partial charge in [0.1, 0.15) is 0 Å². The Morgan fingerprint density at radius 3 is 2.57 bits per heavy atom. The van der Waals surface area contributed by atoms with E-state index in [0.717, 1.165) is 23.0 Å². The monoisotopic (exact) mass is 351 g/mol. The molecule has 2 fully saturated rings. The summed E-state index contributed by atoms with van der Waals surface area (Å²) in [7, 11) is 0. The molecule has 0 saturated heterocycles. The normalized spacial score (nSPS) is 29.5. The Balaban J connectivity index is 1.62. The lowest BCUT2D eigenvalue weighted by Crippen LogP contribution is -2.46. The Morgan fingerprint density at radius 2 is 1.90 bits per heavy atom. The zero-order valence-corrected chi connectivity index (χ0v) is 14.5. The van der Waals surface area contributed by atoms with Crippen molar-refractivity contribution in [2.45, 2.75) is 63.7 Å². The Morgan fingerprint density at radius 1 is 1.19 bits per heavy atom. The van der Waals surface area contributed by atoms with Gasteiger partial charge in [0.2, 0.25) is 0 Å². The van der Waals surface area contributed by atoms with Gasteiger partial charge in [-0.1, -0.05) is 41.1 Å². The molecule has 0 heterocycles. The fourth-order valence-electron chi connectivity index (χ4n) is 3.12. The van der Waals surface area contributed by atoms with Gasteiger partial charge in [0.15, 0.2) is 0 Å². The van der Waals surface area contributed by atoms with E-state index in [0.29, 0.717) is 6.61 Å². The summed E-state index contributed by atoms with van der Waals surface area (Å²) in [6.07, 6.45) is 7.66. The van der Waals surface area contributed by atoms with E-state index < -0.39 is 0 Å². The van der Waals surface area contributed by atoms with Crippen LogP contribution in [0.25, 0.3) is 0 Å². The van der Waals surface area contributed by atoms with Crippen molar-refractivity contribution in [2.75, 3.05) is 6.54 Å². The van der Waals surface area contributed by atoms with Crippen LogP contribution in [0.15, 0.2) is 28.7 Å². The van der Waals surface area contributed by atoms with Gasteiger partial charge < -0.3 is 10.1 Å². The van der Waals surface area contributed by atoms with Gasteiger partial charge in [-0.25, -0.2) is 0 Å². The van der Waals surface area contributed by atoms with Gasteiger partial charge in [0.25, 0.3) is 0 Å². The second kappa shape index (κ2) is 6.80. The Kier molecular flexibility index (Phi) is 5.03. The largest absolute Gasteiger partial charge is 0.369 e. The average Bonchev–Trinajstić information content (AvgIpc) is 3.31. The van der Waals surface area contributed by atoms with E-state index in [-0.39, 0.29) is 5.60 Å². The summed E-state index contributed by atoms with van der Waals surface area (Å²) in [5, 5.41) is 3.70. The lowest BCUT2D eigenvalue weighted by Gasteiger charge is -2.40. The highest BCUT2D eigenvalue weighted by Crippen LogP contribution is 2.36. The fourth-order valence-corrected chi connectivity index (χ4v) is 3.52. The Hall–Kier alpha value is -0.380. The highest BCUT2D eigenvalue weighted by atomic mass is 79.9. The van der Waals surface area contributed by atoms with E-state index in [9.17, 15) is 0 Å². The lowest BCUT2D eigenvalue weighted by atomic mass is 9.79. The molecule has 21 heavy (non-hydrogen) atoms. The van der Waals surface area contributed by atoms with Crippen molar-refractivity contribution in [2.24, 2.45) is 5.92 Å². The van der Waals surface area contributed by atoms with E-state index in [2.05, 4.69) is 52.4 Å². The summed E-state index contributed by atoms with van der Waals surface area (Å²) in [4.78, 5) is 0. The molecular weight excluding hydrogens is 326 g/mol. The summed E-state index contributed by atoms with van der Waals surface area (Å²) < 4.78 is 7.62. The average molecular weight is 352 g/mol. The molecule has 116 valence electrons. The van der Waals surface area contributed by atoms with Crippen molar-refractivity contribution in [3.63, 3.8) is 0 Å². The Bertz CT molecular complexity index is 464. The van der Waals surface area contributed by atoms with Crippen molar-refractivity contribution < 1.29 is 4.74 Å². The first kappa shape index (κ1) is 15.5. The molecule has 2 aliphatic carbocycles. The minimum atomic E-state index is 0.0460. The molecule has 2 nitrogen and oxygen atoms in total. The van der Waals surface area contributed by atoms with Gasteiger partial charge in [-0.3, -0.25) is 0 Å². The molecule has 0 spiro atoms. The van der Waals surface area contributed by atoms with Crippen LogP contribution in [0.5, 0.6) is 0 Å². The molecule has 0 aliphatic heterocycles. The van der Waals surface area contributed by atoms with Crippen LogP contribution in [-0.2, 0) is 11.3 Å². The maximum Gasteiger partial charge on any atom is 0.0811 e. The van der Waals surface area contributed by atoms with Crippen molar-refractivity contribution in [3.05, 3.63) is 34.3 Å². The van der Waals surface area contributed by atoms with Crippen LogP contribution >= 0.6 is 15.9 Å². The number of hydrogen-bond donors (Lipinski definition) is 1. The first-order chi connectivity index (χ1) is 10.2. The summed E-state index contributed by atoms with van der Waals surface area (Å²) in [6.45, 7) is 4.10. The smallest absolute Gasteiger partial charge is 0.0811 e. The maximum absolute atomic E-state index is 6.47. The number of rotatable bonds is 6. The quantitative estimate of drug-likeness (QED) is 0.804. The van der Waals surface area contributed by atoms with E-state index in [1.807, 2.05) is 0 Å². The van der Waals surface area contributed by atoms with E-state index in [4.69, 9.17) is 4.74 Å². The second-order valence-electron chi connectivity index (χ2n) is 6.90. The second-order valence-corrected chi connectivity index (χ2v) is 7.76. The third-order valence-corrected chi connectivity index (χ3v) is 5.74. The van der Waals surface area contributed by atoms with Crippen LogP contribution < -0.4 is 5.32 Å². The van der Waals surface area contributed by atoms with Gasteiger partial charge in [-0.05, 0) is 56.1 Å². The molecule has 3 heteroatoms. The van der Waals surface area contributed by atoms with Crippen LogP contribution in [0, 0.1) is 5.92 Å². The standard InChI is InChI=1S/C18H26BrNO/c1-14-8-10-18(11-9-14,13-20-16-6-7-16)21-12-15-4-2-3-5-17(15)19/h2-5,14,16,20H,6-13H2,1H3. The van der Waals surface area contributed by atoms with E-state index >= 15 is 0 Å². The molecule has 1 N–H and O–H groups in total. The molecule has 2 saturated carbocycles. The first-order valence-corrected chi connectivity index (χ1v) is 9.07. The van der Waals surface area contributed by atoms with Gasteiger partial charge in [0.05, 0.1) is 12.2 Å². The number of hydrogen-bond acceptors (Lipinski definition) is 2. The van der Waals surface area contributed by atoms with Gasteiger partial charge in [-0.15, -0.1) is 0 Å². The Labute approximate surface area is 136 Å². The summed E-state index contributed by atoms with van der Waals surface area (Å²) in [6, 6.07) is 9.14. The van der Waals surface area contributed by atoms with Crippen molar-refractivity contribution in [1.82, 2.24) is 5.32 Å². The third kappa shape index (κ3) is 4.30. The molecule has 0 aromatic heterocycles. The topological polar surface area (TPSA) is 21.3 Å². The van der Waals surface area contributed by atoms with Crippen LogP contribution in [-0.4, -0.2) is 18.2 Å². The predicted octanol–water partition coefficient (Wildman–Crippen LogP) is 4.67. The van der Waals surface area contributed by atoms with Crippen LogP contribution in [0.2, 0.25) is 0 Å². The van der Waals surface area contributed by atoms with Crippen molar-refractivity contribution in [3.8, 4) is 0 Å². The van der Waals surface area contributed by atoms with E-state index in [1.54, 1.807) is 0 Å². The molecule has 1 aromatic carbocycles. The van der Waals surface area contributed by atoms with E-state index in [1.165, 1.54) is 44.1 Å². The van der Waals surface area contributed by atoms with Gasteiger partial charge in [-0.2, -0.15) is 0 Å². The highest BCUT2D eigenvalue weighted by molar-refractivity contribution is 9.10. The molecular formula is C18H26BrNO. The molecule has 1 aromatic rings. The fraction of sp³-hybridized carbons (Fsp3) is 0.667. The van der Waals surface area contributed by atoms with Crippen LogP contribution in [0.4, 0.5) is 0 Å². The van der Waals surface area contributed by atoms with Crippen LogP contribution in [0.3, 0.4) is 0 Å². The number of nitrogens with one attached hydrogen (secondary N) is 1. The number of halogens is 1. The molecule has 0 atom stereocenters. The number of benzene rings is 1. The molecule has 3 rings (SSSR count). The zero-order valence-electron chi connectivity index (χ0n) is 12.9. The van der Waals surface area contributed by atoms with Gasteiger partial charge in [0, 0.05) is 17.1 Å². The highest BCUT2D eigenvalue weighted by Gasteiger charge is 2.36. The zero-order chi connectivity index (χ0) is 14.7. The molecule has 0 amide bonds. The molecule has 0 bridgehead atoms.